The molecule has 17 heavy (non-hydrogen) atoms. The molecule has 2 atom stereocenters. The van der Waals surface area contributed by atoms with Crippen molar-refractivity contribution in [3.05, 3.63) is 0 Å². The molecule has 0 saturated carbocycles. The summed E-state index contributed by atoms with van der Waals surface area (Å²) in [5, 5.41) is 18.7. The Morgan fingerprint density at radius 2 is 1.88 bits per heavy atom. The van der Waals surface area contributed by atoms with Crippen LogP contribution in [-0.4, -0.2) is 59.8 Å². The fourth-order valence-corrected chi connectivity index (χ4v) is 2.29. The van der Waals surface area contributed by atoms with Crippen molar-refractivity contribution in [3.63, 3.8) is 0 Å². The van der Waals surface area contributed by atoms with E-state index in [1.165, 1.54) is 0 Å². The molecule has 0 aromatic heterocycles. The van der Waals surface area contributed by atoms with Crippen molar-refractivity contribution in [3.8, 4) is 6.07 Å². The van der Waals surface area contributed by atoms with Crippen LogP contribution >= 0.6 is 0 Å². The summed E-state index contributed by atoms with van der Waals surface area (Å²) < 4.78 is 0. The van der Waals surface area contributed by atoms with Crippen molar-refractivity contribution < 1.29 is 5.11 Å². The molecule has 1 aliphatic rings. The molecule has 1 aliphatic heterocycles. The van der Waals surface area contributed by atoms with E-state index >= 15 is 0 Å². The third kappa shape index (κ3) is 4.63. The molecule has 1 N–H and O–H groups in total. The molecule has 0 aromatic rings. The minimum absolute atomic E-state index is 0.0817. The molecule has 1 rings (SSSR count). The van der Waals surface area contributed by atoms with Crippen LogP contribution in [0.1, 0.15) is 33.1 Å². The number of rotatable bonds is 6. The Hall–Kier alpha value is -0.630. The van der Waals surface area contributed by atoms with Gasteiger partial charge in [0.25, 0.3) is 0 Å². The highest BCUT2D eigenvalue weighted by Gasteiger charge is 2.23. The first-order valence-corrected chi connectivity index (χ1v) is 6.75. The number of aliphatic hydroxyl groups is 1. The predicted molar refractivity (Wildman–Crippen MR) is 68.6 cm³/mol. The van der Waals surface area contributed by atoms with Crippen molar-refractivity contribution in [2.45, 2.75) is 45.3 Å². The van der Waals surface area contributed by atoms with Crippen LogP contribution in [0.3, 0.4) is 0 Å². The van der Waals surface area contributed by atoms with Gasteiger partial charge in [-0.1, -0.05) is 20.3 Å². The van der Waals surface area contributed by atoms with Crippen LogP contribution in [-0.2, 0) is 0 Å². The quantitative estimate of drug-likeness (QED) is 0.753. The molecule has 1 fully saturated rings. The standard InChI is InChI=1S/C13H25N3O/c1-3-5-12(10-14)16-8-6-15(7-9-16)11-13(17)4-2/h12-13,17H,3-9,11H2,1-2H3. The van der Waals surface area contributed by atoms with E-state index in [9.17, 15) is 5.11 Å². The van der Waals surface area contributed by atoms with Crippen molar-refractivity contribution >= 4 is 0 Å². The molecule has 0 amide bonds. The lowest BCUT2D eigenvalue weighted by Crippen LogP contribution is -2.51. The summed E-state index contributed by atoms with van der Waals surface area (Å²) in [7, 11) is 0. The number of aliphatic hydroxyl groups excluding tert-OH is 1. The summed E-state index contributed by atoms with van der Waals surface area (Å²) in [6.07, 6.45) is 2.64. The molecule has 0 radical (unpaired) electrons. The van der Waals surface area contributed by atoms with E-state index in [2.05, 4.69) is 22.8 Å². The average Bonchev–Trinajstić information content (AvgIpc) is 2.37. The Morgan fingerprint density at radius 3 is 2.35 bits per heavy atom. The first-order chi connectivity index (χ1) is 8.21. The van der Waals surface area contributed by atoms with Crippen LogP contribution in [0.25, 0.3) is 0 Å². The molecule has 0 bridgehead atoms. The Kier molecular flexibility index (Phi) is 6.49. The Morgan fingerprint density at radius 1 is 1.24 bits per heavy atom. The second-order valence-corrected chi connectivity index (χ2v) is 4.83. The van der Waals surface area contributed by atoms with E-state index < -0.39 is 0 Å². The Labute approximate surface area is 105 Å². The van der Waals surface area contributed by atoms with Crippen LogP contribution in [0.2, 0.25) is 0 Å². The monoisotopic (exact) mass is 239 g/mol. The molecule has 4 nitrogen and oxygen atoms in total. The van der Waals surface area contributed by atoms with Gasteiger partial charge in [0, 0.05) is 32.7 Å². The van der Waals surface area contributed by atoms with Gasteiger partial charge >= 0.3 is 0 Å². The summed E-state index contributed by atoms with van der Waals surface area (Å²) in [4.78, 5) is 4.57. The van der Waals surface area contributed by atoms with Crippen molar-refractivity contribution in [1.29, 1.82) is 5.26 Å². The first kappa shape index (κ1) is 14.4. The minimum atomic E-state index is -0.205. The second kappa shape index (κ2) is 7.65. The maximum atomic E-state index is 9.61. The minimum Gasteiger partial charge on any atom is -0.392 e. The zero-order valence-electron chi connectivity index (χ0n) is 11.1. The molecule has 0 aromatic carbocycles. The van der Waals surface area contributed by atoms with Gasteiger partial charge in [-0.25, -0.2) is 0 Å². The molecule has 0 aliphatic carbocycles. The third-order valence-electron chi connectivity index (χ3n) is 3.50. The lowest BCUT2D eigenvalue weighted by Gasteiger charge is -2.37. The second-order valence-electron chi connectivity index (χ2n) is 4.83. The van der Waals surface area contributed by atoms with E-state index in [-0.39, 0.29) is 12.1 Å². The number of nitrogens with zero attached hydrogens (tertiary/aromatic N) is 3. The highest BCUT2D eigenvalue weighted by molar-refractivity contribution is 4.93. The summed E-state index contributed by atoms with van der Waals surface area (Å²) in [6.45, 7) is 8.75. The van der Waals surface area contributed by atoms with E-state index in [4.69, 9.17) is 5.26 Å². The van der Waals surface area contributed by atoms with Gasteiger partial charge in [0.15, 0.2) is 0 Å². The lowest BCUT2D eigenvalue weighted by molar-refractivity contribution is 0.0621. The van der Waals surface area contributed by atoms with Gasteiger partial charge < -0.3 is 5.11 Å². The van der Waals surface area contributed by atoms with Gasteiger partial charge in [-0.05, 0) is 12.8 Å². The molecule has 1 heterocycles. The summed E-state index contributed by atoms with van der Waals surface area (Å²) in [6, 6.07) is 2.48. The summed E-state index contributed by atoms with van der Waals surface area (Å²) >= 11 is 0. The maximum absolute atomic E-state index is 9.61. The Balaban J connectivity index is 2.32. The molecular weight excluding hydrogens is 214 g/mol. The highest BCUT2D eigenvalue weighted by Crippen LogP contribution is 2.11. The van der Waals surface area contributed by atoms with Crippen molar-refractivity contribution in [2.75, 3.05) is 32.7 Å². The number of hydrogen-bond donors (Lipinski definition) is 1. The maximum Gasteiger partial charge on any atom is 0.0978 e. The fraction of sp³-hybridized carbons (Fsp3) is 0.923. The predicted octanol–water partition coefficient (Wildman–Crippen LogP) is 1.07. The fourth-order valence-electron chi connectivity index (χ4n) is 2.29. The molecule has 0 spiro atoms. The third-order valence-corrected chi connectivity index (χ3v) is 3.50. The van der Waals surface area contributed by atoms with Crippen molar-refractivity contribution in [2.24, 2.45) is 0 Å². The molecule has 4 heteroatoms. The first-order valence-electron chi connectivity index (χ1n) is 6.75. The van der Waals surface area contributed by atoms with E-state index in [1.807, 2.05) is 6.92 Å². The van der Waals surface area contributed by atoms with Gasteiger partial charge in [0.05, 0.1) is 18.2 Å². The zero-order chi connectivity index (χ0) is 12.7. The largest absolute Gasteiger partial charge is 0.392 e. The number of nitriles is 1. The Bertz CT molecular complexity index is 244. The van der Waals surface area contributed by atoms with Crippen LogP contribution in [0.5, 0.6) is 0 Å². The molecule has 1 saturated heterocycles. The molecular formula is C13H25N3O. The highest BCUT2D eigenvalue weighted by atomic mass is 16.3. The van der Waals surface area contributed by atoms with Gasteiger partial charge in [0.2, 0.25) is 0 Å². The summed E-state index contributed by atoms with van der Waals surface area (Å²) in [5.41, 5.74) is 0. The average molecular weight is 239 g/mol. The lowest BCUT2D eigenvalue weighted by atomic mass is 10.1. The van der Waals surface area contributed by atoms with E-state index in [0.29, 0.717) is 0 Å². The normalized spacial score (nSPS) is 22.0. The van der Waals surface area contributed by atoms with Gasteiger partial charge in [-0.3, -0.25) is 9.80 Å². The van der Waals surface area contributed by atoms with Crippen molar-refractivity contribution in [1.82, 2.24) is 9.80 Å². The van der Waals surface area contributed by atoms with Crippen LogP contribution in [0.4, 0.5) is 0 Å². The van der Waals surface area contributed by atoms with Crippen LogP contribution in [0, 0.1) is 11.3 Å². The number of hydrogen-bond acceptors (Lipinski definition) is 4. The topological polar surface area (TPSA) is 50.5 Å². The van der Waals surface area contributed by atoms with Crippen LogP contribution < -0.4 is 0 Å². The molecule has 98 valence electrons. The van der Waals surface area contributed by atoms with Gasteiger partial charge in [0.1, 0.15) is 0 Å². The molecule has 2 unspecified atom stereocenters. The van der Waals surface area contributed by atoms with Gasteiger partial charge in [-0.15, -0.1) is 0 Å². The zero-order valence-corrected chi connectivity index (χ0v) is 11.1. The van der Waals surface area contributed by atoms with E-state index in [1.54, 1.807) is 0 Å². The summed E-state index contributed by atoms with van der Waals surface area (Å²) in [5.74, 6) is 0. The SMILES string of the molecule is CCCC(C#N)N1CCN(CC(O)CC)CC1. The van der Waals surface area contributed by atoms with E-state index in [0.717, 1.165) is 52.0 Å². The van der Waals surface area contributed by atoms with Crippen LogP contribution in [0.15, 0.2) is 0 Å². The number of β-amino-alcohol motifs (C(OH)–C–C–N with tert-alkyl or cyclic N) is 1. The van der Waals surface area contributed by atoms with Gasteiger partial charge in [-0.2, -0.15) is 5.26 Å². The number of piperazine rings is 1. The smallest absolute Gasteiger partial charge is 0.0978 e.